The van der Waals surface area contributed by atoms with Crippen molar-refractivity contribution in [1.29, 1.82) is 5.26 Å². The fourth-order valence-electron chi connectivity index (χ4n) is 1.58. The summed E-state index contributed by atoms with van der Waals surface area (Å²) in [4.78, 5) is 13.0. The zero-order valence-electron chi connectivity index (χ0n) is 8.40. The molecule has 1 saturated heterocycles. The molecule has 2 atom stereocenters. The van der Waals surface area contributed by atoms with Gasteiger partial charge in [0, 0.05) is 27.3 Å². The fraction of sp³-hybridized carbons (Fsp3) is 0.778. The van der Waals surface area contributed by atoms with Crippen LogP contribution in [0.5, 0.6) is 0 Å². The molecule has 0 aromatic heterocycles. The first-order valence-electron chi connectivity index (χ1n) is 4.43. The standard InChI is InChI=1S/C9H14N2O3/c1-13-7-5-11(6-8(7)14-2)9(12)3-4-10/h7-8H,3,5-6H2,1-2H3/t7-,8-/m0/s1. The Kier molecular flexibility index (Phi) is 3.86. The number of ether oxygens (including phenoxy) is 2. The predicted molar refractivity (Wildman–Crippen MR) is 48.4 cm³/mol. The van der Waals surface area contributed by atoms with Gasteiger partial charge in [0.2, 0.25) is 5.91 Å². The van der Waals surface area contributed by atoms with Crippen molar-refractivity contribution in [3.8, 4) is 6.07 Å². The highest BCUT2D eigenvalue weighted by molar-refractivity contribution is 5.78. The number of hydrogen-bond donors (Lipinski definition) is 0. The van der Waals surface area contributed by atoms with Crippen LogP contribution in [-0.2, 0) is 14.3 Å². The van der Waals surface area contributed by atoms with Crippen LogP contribution in [-0.4, -0.2) is 50.3 Å². The Morgan fingerprint density at radius 2 is 1.93 bits per heavy atom. The van der Waals surface area contributed by atoms with Gasteiger partial charge in [-0.25, -0.2) is 0 Å². The summed E-state index contributed by atoms with van der Waals surface area (Å²) in [5.74, 6) is -0.158. The zero-order valence-corrected chi connectivity index (χ0v) is 8.40. The minimum atomic E-state index is -0.158. The summed E-state index contributed by atoms with van der Waals surface area (Å²) in [6.45, 7) is 1.02. The van der Waals surface area contributed by atoms with Crippen LogP contribution in [0.4, 0.5) is 0 Å². The molecule has 0 unspecified atom stereocenters. The van der Waals surface area contributed by atoms with Gasteiger partial charge in [-0.1, -0.05) is 0 Å². The lowest BCUT2D eigenvalue weighted by Gasteiger charge is -2.13. The maximum Gasteiger partial charge on any atom is 0.236 e. The highest BCUT2D eigenvalue weighted by atomic mass is 16.5. The molecule has 1 amide bonds. The molecule has 1 rings (SSSR count). The van der Waals surface area contributed by atoms with Gasteiger partial charge in [-0.3, -0.25) is 4.79 Å². The van der Waals surface area contributed by atoms with Gasteiger partial charge in [0.25, 0.3) is 0 Å². The minimum Gasteiger partial charge on any atom is -0.377 e. The van der Waals surface area contributed by atoms with E-state index < -0.39 is 0 Å². The number of likely N-dealkylation sites (tertiary alicyclic amines) is 1. The second kappa shape index (κ2) is 4.94. The summed E-state index contributed by atoms with van der Waals surface area (Å²) in [6, 6.07) is 1.84. The van der Waals surface area contributed by atoms with Crippen LogP contribution in [0, 0.1) is 11.3 Å². The average molecular weight is 198 g/mol. The average Bonchev–Trinajstić information content (AvgIpc) is 2.61. The van der Waals surface area contributed by atoms with E-state index in [9.17, 15) is 4.79 Å². The van der Waals surface area contributed by atoms with Gasteiger partial charge in [-0.05, 0) is 0 Å². The van der Waals surface area contributed by atoms with Crippen molar-refractivity contribution < 1.29 is 14.3 Å². The van der Waals surface area contributed by atoms with E-state index in [1.807, 2.05) is 6.07 Å². The van der Waals surface area contributed by atoms with E-state index in [0.29, 0.717) is 13.1 Å². The van der Waals surface area contributed by atoms with Crippen molar-refractivity contribution in [3.63, 3.8) is 0 Å². The van der Waals surface area contributed by atoms with Gasteiger partial charge in [-0.15, -0.1) is 0 Å². The van der Waals surface area contributed by atoms with Gasteiger partial charge in [0.05, 0.1) is 6.07 Å². The normalized spacial score (nSPS) is 26.2. The van der Waals surface area contributed by atoms with Crippen LogP contribution in [0.2, 0.25) is 0 Å². The largest absolute Gasteiger partial charge is 0.377 e. The molecule has 14 heavy (non-hydrogen) atoms. The molecule has 0 saturated carbocycles. The number of methoxy groups -OCH3 is 2. The Morgan fingerprint density at radius 1 is 1.43 bits per heavy atom. The van der Waals surface area contributed by atoms with Crippen molar-refractivity contribution in [1.82, 2.24) is 4.90 Å². The molecule has 5 nitrogen and oxygen atoms in total. The van der Waals surface area contributed by atoms with Crippen LogP contribution < -0.4 is 0 Å². The molecule has 0 aliphatic carbocycles. The van der Waals surface area contributed by atoms with Crippen LogP contribution in [0.3, 0.4) is 0 Å². The molecular formula is C9H14N2O3. The third-order valence-electron chi connectivity index (χ3n) is 2.40. The van der Waals surface area contributed by atoms with Gasteiger partial charge < -0.3 is 14.4 Å². The lowest BCUT2D eigenvalue weighted by molar-refractivity contribution is -0.129. The molecule has 0 spiro atoms. The molecule has 0 aromatic carbocycles. The molecule has 5 heteroatoms. The Bertz CT molecular complexity index is 237. The third kappa shape index (κ3) is 2.22. The quantitative estimate of drug-likeness (QED) is 0.628. The first kappa shape index (κ1) is 11.0. The lowest BCUT2D eigenvalue weighted by atomic mass is 10.3. The summed E-state index contributed by atoms with van der Waals surface area (Å²) in [5, 5.41) is 8.38. The predicted octanol–water partition coefficient (Wildman–Crippen LogP) is -0.228. The summed E-state index contributed by atoms with van der Waals surface area (Å²) >= 11 is 0. The number of carbonyl (C=O) groups is 1. The van der Waals surface area contributed by atoms with Crippen LogP contribution >= 0.6 is 0 Å². The van der Waals surface area contributed by atoms with Crippen LogP contribution in [0.1, 0.15) is 6.42 Å². The Hall–Kier alpha value is -1.12. The maximum atomic E-state index is 11.4. The number of carbonyl (C=O) groups excluding carboxylic acids is 1. The third-order valence-corrected chi connectivity index (χ3v) is 2.40. The van der Waals surface area contributed by atoms with Crippen molar-refractivity contribution >= 4 is 5.91 Å². The first-order valence-corrected chi connectivity index (χ1v) is 4.43. The number of hydrogen-bond acceptors (Lipinski definition) is 4. The summed E-state index contributed by atoms with van der Waals surface area (Å²) in [5.41, 5.74) is 0. The van der Waals surface area contributed by atoms with Crippen molar-refractivity contribution in [3.05, 3.63) is 0 Å². The van der Waals surface area contributed by atoms with Crippen molar-refractivity contribution in [2.75, 3.05) is 27.3 Å². The summed E-state index contributed by atoms with van der Waals surface area (Å²) < 4.78 is 10.3. The topological polar surface area (TPSA) is 62.6 Å². The minimum absolute atomic E-state index is 0.0765. The van der Waals surface area contributed by atoms with E-state index in [2.05, 4.69) is 0 Å². The fourth-order valence-corrected chi connectivity index (χ4v) is 1.58. The number of nitrogens with zero attached hydrogens (tertiary/aromatic N) is 2. The number of rotatable bonds is 3. The molecule has 0 aromatic rings. The number of amides is 1. The molecule has 0 radical (unpaired) electrons. The molecule has 0 N–H and O–H groups in total. The van der Waals surface area contributed by atoms with E-state index in [4.69, 9.17) is 14.7 Å². The van der Waals surface area contributed by atoms with E-state index >= 15 is 0 Å². The SMILES string of the molecule is CO[C@H]1CN(C(=O)CC#N)C[C@@H]1OC. The second-order valence-corrected chi connectivity index (χ2v) is 3.18. The van der Waals surface area contributed by atoms with Crippen LogP contribution in [0.25, 0.3) is 0 Å². The molecular weight excluding hydrogens is 184 g/mol. The zero-order chi connectivity index (χ0) is 10.6. The van der Waals surface area contributed by atoms with Crippen LogP contribution in [0.15, 0.2) is 0 Å². The molecule has 0 bridgehead atoms. The Labute approximate surface area is 83.2 Å². The second-order valence-electron chi connectivity index (χ2n) is 3.18. The monoisotopic (exact) mass is 198 g/mol. The highest BCUT2D eigenvalue weighted by Gasteiger charge is 2.35. The smallest absolute Gasteiger partial charge is 0.236 e. The number of nitriles is 1. The molecule has 1 aliphatic rings. The Balaban J connectivity index is 2.53. The van der Waals surface area contributed by atoms with Gasteiger partial charge in [-0.2, -0.15) is 5.26 Å². The highest BCUT2D eigenvalue weighted by Crippen LogP contribution is 2.16. The lowest BCUT2D eigenvalue weighted by Crippen LogP contribution is -2.29. The van der Waals surface area contributed by atoms with E-state index in [0.717, 1.165) is 0 Å². The summed E-state index contributed by atoms with van der Waals surface area (Å²) in [7, 11) is 3.18. The first-order chi connectivity index (χ1) is 6.72. The molecule has 78 valence electrons. The summed E-state index contributed by atoms with van der Waals surface area (Å²) in [6.07, 6.45) is -0.238. The maximum absolute atomic E-state index is 11.4. The molecule has 1 heterocycles. The van der Waals surface area contributed by atoms with Gasteiger partial charge in [0.1, 0.15) is 18.6 Å². The van der Waals surface area contributed by atoms with E-state index in [1.54, 1.807) is 19.1 Å². The van der Waals surface area contributed by atoms with E-state index in [-0.39, 0.29) is 24.5 Å². The van der Waals surface area contributed by atoms with Crippen molar-refractivity contribution in [2.45, 2.75) is 18.6 Å². The molecule has 1 fully saturated rings. The van der Waals surface area contributed by atoms with Crippen molar-refractivity contribution in [2.24, 2.45) is 0 Å². The molecule has 1 aliphatic heterocycles. The van der Waals surface area contributed by atoms with Gasteiger partial charge >= 0.3 is 0 Å². The van der Waals surface area contributed by atoms with E-state index in [1.165, 1.54) is 0 Å². The Morgan fingerprint density at radius 3 is 2.29 bits per heavy atom. The van der Waals surface area contributed by atoms with Gasteiger partial charge in [0.15, 0.2) is 0 Å².